The molecule has 4 nitrogen and oxygen atoms in total. The molecule has 3 rings (SSSR count). The van der Waals surface area contributed by atoms with Crippen LogP contribution in [0.1, 0.15) is 11.1 Å². The number of rotatable bonds is 9. The van der Waals surface area contributed by atoms with Crippen LogP contribution in [0.15, 0.2) is 78.9 Å². The number of hydrogen-bond acceptors (Lipinski definition) is 4. The summed E-state index contributed by atoms with van der Waals surface area (Å²) in [4.78, 5) is 0. The second kappa shape index (κ2) is 9.49. The van der Waals surface area contributed by atoms with Gasteiger partial charge in [-0.3, -0.25) is 0 Å². The van der Waals surface area contributed by atoms with E-state index >= 15 is 0 Å². The monoisotopic (exact) mass is 350 g/mol. The standard InChI is InChI=1S/C22H22O4/c1-23-17-26-20-12-13-21(24-15-18-8-4-2-5-9-18)22(14-20)25-16-19-10-6-3-7-11-19/h2-14H,15-17H2,1H3. The molecule has 0 bridgehead atoms. The Bertz CT molecular complexity index is 788. The fourth-order valence-corrected chi connectivity index (χ4v) is 2.41. The Kier molecular flexibility index (Phi) is 6.51. The molecule has 0 N–H and O–H groups in total. The van der Waals surface area contributed by atoms with Gasteiger partial charge in [-0.1, -0.05) is 60.7 Å². The predicted octanol–water partition coefficient (Wildman–Crippen LogP) is 4.83. The van der Waals surface area contributed by atoms with Gasteiger partial charge in [0.2, 0.25) is 0 Å². The summed E-state index contributed by atoms with van der Waals surface area (Å²) in [5.74, 6) is 1.98. The highest BCUT2D eigenvalue weighted by molar-refractivity contribution is 5.45. The summed E-state index contributed by atoms with van der Waals surface area (Å²) in [6, 6.07) is 25.6. The zero-order chi connectivity index (χ0) is 18.0. The van der Waals surface area contributed by atoms with E-state index in [0.717, 1.165) is 11.1 Å². The molecule has 26 heavy (non-hydrogen) atoms. The highest BCUT2D eigenvalue weighted by Crippen LogP contribution is 2.33. The van der Waals surface area contributed by atoms with Crippen molar-refractivity contribution in [2.75, 3.05) is 13.9 Å². The minimum atomic E-state index is 0.183. The van der Waals surface area contributed by atoms with Crippen LogP contribution in [0.5, 0.6) is 17.2 Å². The maximum atomic E-state index is 5.99. The normalized spacial score (nSPS) is 10.3. The Labute approximate surface area is 153 Å². The molecule has 0 heterocycles. The van der Waals surface area contributed by atoms with E-state index in [4.69, 9.17) is 18.9 Å². The molecule has 0 amide bonds. The van der Waals surface area contributed by atoms with E-state index in [-0.39, 0.29) is 6.79 Å². The molecule has 3 aromatic rings. The summed E-state index contributed by atoms with van der Waals surface area (Å²) in [6.07, 6.45) is 0. The summed E-state index contributed by atoms with van der Waals surface area (Å²) in [6.45, 7) is 1.11. The molecule has 0 atom stereocenters. The van der Waals surface area contributed by atoms with Crippen LogP contribution in [-0.2, 0) is 18.0 Å². The van der Waals surface area contributed by atoms with Crippen LogP contribution in [0.4, 0.5) is 0 Å². The van der Waals surface area contributed by atoms with Gasteiger partial charge in [-0.05, 0) is 23.3 Å². The van der Waals surface area contributed by atoms with Crippen LogP contribution in [-0.4, -0.2) is 13.9 Å². The number of hydrogen-bond donors (Lipinski definition) is 0. The van der Waals surface area contributed by atoms with Crippen molar-refractivity contribution in [3.8, 4) is 17.2 Å². The van der Waals surface area contributed by atoms with E-state index < -0.39 is 0 Å². The zero-order valence-electron chi connectivity index (χ0n) is 14.8. The Morgan fingerprint density at radius 3 is 1.77 bits per heavy atom. The summed E-state index contributed by atoms with van der Waals surface area (Å²) in [5, 5.41) is 0. The van der Waals surface area contributed by atoms with Gasteiger partial charge in [0.1, 0.15) is 19.0 Å². The molecule has 0 aliphatic carbocycles. The van der Waals surface area contributed by atoms with Crippen molar-refractivity contribution in [2.45, 2.75) is 13.2 Å². The second-order valence-corrected chi connectivity index (χ2v) is 5.71. The van der Waals surface area contributed by atoms with Crippen molar-refractivity contribution in [3.63, 3.8) is 0 Å². The van der Waals surface area contributed by atoms with E-state index in [1.165, 1.54) is 0 Å². The topological polar surface area (TPSA) is 36.9 Å². The van der Waals surface area contributed by atoms with Crippen molar-refractivity contribution < 1.29 is 18.9 Å². The predicted molar refractivity (Wildman–Crippen MR) is 100 cm³/mol. The lowest BCUT2D eigenvalue weighted by Crippen LogP contribution is -2.02. The van der Waals surface area contributed by atoms with Crippen molar-refractivity contribution >= 4 is 0 Å². The Morgan fingerprint density at radius 1 is 0.615 bits per heavy atom. The Morgan fingerprint density at radius 2 is 1.19 bits per heavy atom. The first-order chi connectivity index (χ1) is 12.8. The van der Waals surface area contributed by atoms with Gasteiger partial charge in [0.15, 0.2) is 18.3 Å². The van der Waals surface area contributed by atoms with Crippen molar-refractivity contribution in [2.24, 2.45) is 0 Å². The molecule has 0 spiro atoms. The summed E-state index contributed by atoms with van der Waals surface area (Å²) < 4.78 is 22.4. The van der Waals surface area contributed by atoms with E-state index in [1.54, 1.807) is 7.11 Å². The van der Waals surface area contributed by atoms with Gasteiger partial charge in [-0.15, -0.1) is 0 Å². The lowest BCUT2D eigenvalue weighted by Gasteiger charge is -2.15. The molecule has 0 fully saturated rings. The highest BCUT2D eigenvalue weighted by Gasteiger charge is 2.09. The SMILES string of the molecule is COCOc1ccc(OCc2ccccc2)c(OCc2ccccc2)c1. The van der Waals surface area contributed by atoms with E-state index in [0.29, 0.717) is 30.5 Å². The Balaban J connectivity index is 1.73. The van der Waals surface area contributed by atoms with Crippen molar-refractivity contribution in [3.05, 3.63) is 90.0 Å². The molecule has 134 valence electrons. The van der Waals surface area contributed by atoms with Gasteiger partial charge >= 0.3 is 0 Å². The smallest absolute Gasteiger partial charge is 0.188 e. The van der Waals surface area contributed by atoms with Gasteiger partial charge in [0.25, 0.3) is 0 Å². The average Bonchev–Trinajstić information content (AvgIpc) is 2.71. The third-order valence-electron chi connectivity index (χ3n) is 3.73. The van der Waals surface area contributed by atoms with E-state index in [1.807, 2.05) is 78.9 Å². The Hall–Kier alpha value is -2.98. The van der Waals surface area contributed by atoms with Crippen LogP contribution in [0.3, 0.4) is 0 Å². The van der Waals surface area contributed by atoms with E-state index in [2.05, 4.69) is 0 Å². The first kappa shape index (κ1) is 17.8. The highest BCUT2D eigenvalue weighted by atomic mass is 16.7. The van der Waals surface area contributed by atoms with E-state index in [9.17, 15) is 0 Å². The molecule has 4 heteroatoms. The molecule has 3 aromatic carbocycles. The number of methoxy groups -OCH3 is 1. The van der Waals surface area contributed by atoms with Gasteiger partial charge in [-0.2, -0.15) is 0 Å². The molecule has 0 radical (unpaired) electrons. The van der Waals surface area contributed by atoms with Crippen molar-refractivity contribution in [1.29, 1.82) is 0 Å². The molecule has 0 aliphatic heterocycles. The van der Waals surface area contributed by atoms with Crippen molar-refractivity contribution in [1.82, 2.24) is 0 Å². The number of ether oxygens (including phenoxy) is 4. The first-order valence-electron chi connectivity index (χ1n) is 8.44. The maximum Gasteiger partial charge on any atom is 0.188 e. The van der Waals surface area contributed by atoms with Gasteiger partial charge in [0.05, 0.1) is 0 Å². The zero-order valence-corrected chi connectivity index (χ0v) is 14.8. The van der Waals surface area contributed by atoms with Crippen LogP contribution in [0.2, 0.25) is 0 Å². The second-order valence-electron chi connectivity index (χ2n) is 5.71. The molecule has 0 aromatic heterocycles. The average molecular weight is 350 g/mol. The molecule has 0 aliphatic rings. The first-order valence-corrected chi connectivity index (χ1v) is 8.44. The minimum Gasteiger partial charge on any atom is -0.485 e. The van der Waals surface area contributed by atoms with Gasteiger partial charge in [-0.25, -0.2) is 0 Å². The quantitative estimate of drug-likeness (QED) is 0.518. The third-order valence-corrected chi connectivity index (χ3v) is 3.73. The molecular weight excluding hydrogens is 328 g/mol. The summed E-state index contributed by atoms with van der Waals surface area (Å²) in [7, 11) is 1.59. The minimum absolute atomic E-state index is 0.183. The third kappa shape index (κ3) is 5.26. The van der Waals surface area contributed by atoms with Crippen LogP contribution in [0, 0.1) is 0 Å². The molecule has 0 saturated heterocycles. The largest absolute Gasteiger partial charge is 0.485 e. The number of benzene rings is 3. The summed E-state index contributed by atoms with van der Waals surface area (Å²) >= 11 is 0. The lowest BCUT2D eigenvalue weighted by molar-refractivity contribution is 0.0508. The van der Waals surface area contributed by atoms with Crippen LogP contribution in [0.25, 0.3) is 0 Å². The van der Waals surface area contributed by atoms with Gasteiger partial charge < -0.3 is 18.9 Å². The lowest BCUT2D eigenvalue weighted by atomic mass is 10.2. The fourth-order valence-electron chi connectivity index (χ4n) is 2.41. The molecule has 0 unspecified atom stereocenters. The molecular formula is C22H22O4. The van der Waals surface area contributed by atoms with Crippen LogP contribution < -0.4 is 14.2 Å². The van der Waals surface area contributed by atoms with Crippen LogP contribution >= 0.6 is 0 Å². The van der Waals surface area contributed by atoms with Gasteiger partial charge in [0, 0.05) is 13.2 Å². The summed E-state index contributed by atoms with van der Waals surface area (Å²) in [5.41, 5.74) is 2.19. The maximum absolute atomic E-state index is 5.99. The molecule has 0 saturated carbocycles. The fraction of sp³-hybridized carbons (Fsp3) is 0.182.